The molecule has 0 unspecified atom stereocenters. The van der Waals surface area contributed by atoms with Crippen LogP contribution in [-0.2, 0) is 4.74 Å². The van der Waals surface area contributed by atoms with E-state index >= 15 is 0 Å². The van der Waals surface area contributed by atoms with Crippen LogP contribution >= 0.6 is 39.7 Å². The average molecular weight is 599 g/mol. The third-order valence-corrected chi connectivity index (χ3v) is 7.41. The summed E-state index contributed by atoms with van der Waals surface area (Å²) < 4.78 is 18.3. The standard InChI is InChI=1S/C28H25BrClN3O3S/c1-17-6-8-19(20(29)15-17)23-10-11-25(36-23)27-26(22-5-3-4-12-31-22)32-28(37)33(27)18-7-9-24(21(30)16-18)35-14-13-34-2/h3-12,15-16,26-27H,13-14H2,1-2H3,(H,32,37)/t26-,27-/m0/s1. The Labute approximate surface area is 234 Å². The summed E-state index contributed by atoms with van der Waals surface area (Å²) in [5, 5.41) is 4.49. The monoisotopic (exact) mass is 597 g/mol. The number of aromatic nitrogens is 1. The SMILES string of the molecule is COCCOc1ccc(N2C(=S)N[C@@H](c3ccccn3)[C@@H]2c2ccc(-c3ccc(C)cc3Br)o2)cc1Cl. The molecule has 0 amide bonds. The van der Waals surface area contributed by atoms with E-state index in [-0.39, 0.29) is 12.1 Å². The van der Waals surface area contributed by atoms with Crippen molar-refractivity contribution in [2.45, 2.75) is 19.0 Å². The molecule has 1 aliphatic heterocycles. The highest BCUT2D eigenvalue weighted by Crippen LogP contribution is 2.44. The second-order valence-corrected chi connectivity index (χ2v) is 10.3. The van der Waals surface area contributed by atoms with Gasteiger partial charge >= 0.3 is 0 Å². The van der Waals surface area contributed by atoms with Gasteiger partial charge in [0.25, 0.3) is 0 Å². The van der Waals surface area contributed by atoms with E-state index in [1.54, 1.807) is 13.3 Å². The summed E-state index contributed by atoms with van der Waals surface area (Å²) in [6.07, 6.45) is 1.78. The van der Waals surface area contributed by atoms with Crippen LogP contribution in [0.25, 0.3) is 11.3 Å². The van der Waals surface area contributed by atoms with Crippen LogP contribution in [-0.4, -0.2) is 30.4 Å². The summed E-state index contributed by atoms with van der Waals surface area (Å²) in [5.74, 6) is 2.10. The molecule has 9 heteroatoms. The first-order chi connectivity index (χ1) is 18.0. The number of furan rings is 1. The summed E-state index contributed by atoms with van der Waals surface area (Å²) in [7, 11) is 1.63. The highest BCUT2D eigenvalue weighted by molar-refractivity contribution is 9.10. The van der Waals surface area contributed by atoms with E-state index in [0.717, 1.165) is 32.9 Å². The molecule has 4 aromatic rings. The van der Waals surface area contributed by atoms with Crippen molar-refractivity contribution in [3.63, 3.8) is 0 Å². The fourth-order valence-electron chi connectivity index (χ4n) is 4.39. The van der Waals surface area contributed by atoms with Gasteiger partial charge < -0.3 is 24.1 Å². The molecule has 1 N–H and O–H groups in total. The predicted molar refractivity (Wildman–Crippen MR) is 153 cm³/mol. The number of ether oxygens (including phenoxy) is 2. The van der Waals surface area contributed by atoms with Gasteiger partial charge in [-0.25, -0.2) is 0 Å². The number of thiocarbonyl (C=S) groups is 1. The molecule has 5 rings (SSSR count). The van der Waals surface area contributed by atoms with Crippen molar-refractivity contribution in [2.75, 3.05) is 25.2 Å². The van der Waals surface area contributed by atoms with E-state index in [4.69, 9.17) is 37.7 Å². The number of hydrogen-bond donors (Lipinski definition) is 1. The van der Waals surface area contributed by atoms with E-state index in [9.17, 15) is 0 Å². The number of halogens is 2. The summed E-state index contributed by atoms with van der Waals surface area (Å²) in [6.45, 7) is 2.94. The van der Waals surface area contributed by atoms with Gasteiger partial charge in [0.15, 0.2) is 5.11 Å². The minimum atomic E-state index is -0.295. The fourth-order valence-corrected chi connectivity index (χ4v) is 5.65. The van der Waals surface area contributed by atoms with Gasteiger partial charge in [0.1, 0.15) is 29.9 Å². The van der Waals surface area contributed by atoms with E-state index in [1.165, 1.54) is 5.56 Å². The Bertz CT molecular complexity index is 1420. The number of methoxy groups -OCH3 is 1. The normalized spacial score (nSPS) is 17.2. The Morgan fingerprint density at radius 2 is 1.97 bits per heavy atom. The topological polar surface area (TPSA) is 59.8 Å². The molecule has 1 fully saturated rings. The molecule has 1 aliphatic rings. The lowest BCUT2D eigenvalue weighted by Gasteiger charge is -2.26. The van der Waals surface area contributed by atoms with Gasteiger partial charge in [-0.1, -0.05) is 39.7 Å². The zero-order chi connectivity index (χ0) is 25.9. The summed E-state index contributed by atoms with van der Waals surface area (Å²) in [4.78, 5) is 6.63. The zero-order valence-electron chi connectivity index (χ0n) is 20.3. The number of nitrogens with one attached hydrogen (secondary N) is 1. The van der Waals surface area contributed by atoms with Crippen molar-refractivity contribution in [1.82, 2.24) is 10.3 Å². The summed E-state index contributed by atoms with van der Waals surface area (Å²) in [5.41, 5.74) is 3.82. The van der Waals surface area contributed by atoms with Crippen molar-refractivity contribution < 1.29 is 13.9 Å². The number of benzene rings is 2. The van der Waals surface area contributed by atoms with Gasteiger partial charge in [-0.3, -0.25) is 4.98 Å². The lowest BCUT2D eigenvalue weighted by molar-refractivity contribution is 0.146. The number of pyridine rings is 1. The number of anilines is 1. The van der Waals surface area contributed by atoms with Crippen LogP contribution in [0.1, 0.15) is 29.1 Å². The van der Waals surface area contributed by atoms with Crippen LogP contribution in [0.4, 0.5) is 5.69 Å². The molecule has 0 aliphatic carbocycles. The molecule has 1 saturated heterocycles. The maximum atomic E-state index is 6.60. The second kappa shape index (κ2) is 11.2. The highest BCUT2D eigenvalue weighted by atomic mass is 79.9. The van der Waals surface area contributed by atoms with Gasteiger partial charge in [0, 0.05) is 29.0 Å². The van der Waals surface area contributed by atoms with Crippen molar-refractivity contribution in [2.24, 2.45) is 0 Å². The zero-order valence-corrected chi connectivity index (χ0v) is 23.4. The molecule has 190 valence electrons. The molecule has 0 bridgehead atoms. The predicted octanol–water partition coefficient (Wildman–Crippen LogP) is 7.27. The molecule has 2 aromatic carbocycles. The number of hydrogen-bond acceptors (Lipinski definition) is 5. The van der Waals surface area contributed by atoms with Crippen LogP contribution in [0.15, 0.2) is 81.8 Å². The molecule has 6 nitrogen and oxygen atoms in total. The first kappa shape index (κ1) is 25.7. The Morgan fingerprint density at radius 1 is 1.11 bits per heavy atom. The van der Waals surface area contributed by atoms with Crippen LogP contribution in [0.3, 0.4) is 0 Å². The Kier molecular flexibility index (Phi) is 7.81. The molecule has 2 atom stereocenters. The Morgan fingerprint density at radius 3 is 2.70 bits per heavy atom. The van der Waals surface area contributed by atoms with Gasteiger partial charge in [-0.2, -0.15) is 0 Å². The second-order valence-electron chi connectivity index (χ2n) is 8.64. The first-order valence-corrected chi connectivity index (χ1v) is 13.3. The minimum absolute atomic E-state index is 0.231. The molecule has 0 radical (unpaired) electrons. The number of nitrogens with zero attached hydrogens (tertiary/aromatic N) is 2. The van der Waals surface area contributed by atoms with E-state index in [0.29, 0.717) is 29.1 Å². The maximum Gasteiger partial charge on any atom is 0.174 e. The Hall–Kier alpha value is -2.91. The third-order valence-electron chi connectivity index (χ3n) is 6.15. The van der Waals surface area contributed by atoms with Crippen molar-refractivity contribution in [3.05, 3.63) is 99.4 Å². The molecule has 2 aromatic heterocycles. The largest absolute Gasteiger partial charge is 0.490 e. The van der Waals surface area contributed by atoms with Gasteiger partial charge in [0.05, 0.1) is 23.4 Å². The molecule has 37 heavy (non-hydrogen) atoms. The van der Waals surface area contributed by atoms with Crippen LogP contribution in [0, 0.1) is 6.92 Å². The maximum absolute atomic E-state index is 6.60. The number of aryl methyl sites for hydroxylation is 1. The van der Waals surface area contributed by atoms with Gasteiger partial charge in [-0.05, 0) is 79.3 Å². The smallest absolute Gasteiger partial charge is 0.174 e. The van der Waals surface area contributed by atoms with Crippen LogP contribution in [0.5, 0.6) is 5.75 Å². The van der Waals surface area contributed by atoms with Gasteiger partial charge in [-0.15, -0.1) is 0 Å². The van der Waals surface area contributed by atoms with Crippen molar-refractivity contribution in [1.29, 1.82) is 0 Å². The van der Waals surface area contributed by atoms with Gasteiger partial charge in [0.2, 0.25) is 0 Å². The highest BCUT2D eigenvalue weighted by Gasteiger charge is 2.42. The molecular weight excluding hydrogens is 574 g/mol. The van der Waals surface area contributed by atoms with Crippen molar-refractivity contribution in [3.8, 4) is 17.1 Å². The molecule has 0 saturated carbocycles. The third kappa shape index (κ3) is 5.38. The average Bonchev–Trinajstić information content (AvgIpc) is 3.50. The van der Waals surface area contributed by atoms with E-state index in [1.807, 2.05) is 53.4 Å². The van der Waals surface area contributed by atoms with Crippen LogP contribution < -0.4 is 15.0 Å². The lowest BCUT2D eigenvalue weighted by atomic mass is 10.0. The summed E-state index contributed by atoms with van der Waals surface area (Å²) >= 11 is 16.1. The fraction of sp³-hybridized carbons (Fsp3) is 0.214. The summed E-state index contributed by atoms with van der Waals surface area (Å²) in [6, 6.07) is 21.1. The molecular formula is C28H25BrClN3O3S. The van der Waals surface area contributed by atoms with Crippen LogP contribution in [0.2, 0.25) is 5.02 Å². The van der Waals surface area contributed by atoms with E-state index < -0.39 is 0 Å². The lowest BCUT2D eigenvalue weighted by Crippen LogP contribution is -2.29. The number of rotatable bonds is 8. The minimum Gasteiger partial charge on any atom is -0.490 e. The molecule has 0 spiro atoms. The quantitative estimate of drug-likeness (QED) is 0.169. The van der Waals surface area contributed by atoms with E-state index in [2.05, 4.69) is 51.4 Å². The Balaban J connectivity index is 1.54. The first-order valence-electron chi connectivity index (χ1n) is 11.7. The van der Waals surface area contributed by atoms with Crippen molar-refractivity contribution >= 4 is 50.5 Å². The molecule has 3 heterocycles.